The molecule has 0 aliphatic heterocycles. The number of anilines is 1. The summed E-state index contributed by atoms with van der Waals surface area (Å²) in [5.41, 5.74) is 1.95. The highest BCUT2D eigenvalue weighted by Gasteiger charge is 2.12. The Hall–Kier alpha value is -1.16. The maximum atomic E-state index is 12.1. The normalized spacial score (nSPS) is 10.3. The summed E-state index contributed by atoms with van der Waals surface area (Å²) in [6.45, 7) is 1.93. The Bertz CT molecular complexity index is 643. The maximum Gasteiger partial charge on any atom is 0.257 e. The number of aryl methyl sites for hydroxylation is 1. The Kier molecular flexibility index (Phi) is 4.40. The smallest absolute Gasteiger partial charge is 0.257 e. The first-order chi connectivity index (χ1) is 8.97. The molecule has 19 heavy (non-hydrogen) atoms. The van der Waals surface area contributed by atoms with Gasteiger partial charge in [0, 0.05) is 4.90 Å². The molecule has 0 aliphatic rings. The topological polar surface area (TPSA) is 29.1 Å². The molecule has 0 fully saturated rings. The minimum absolute atomic E-state index is 0.313. The second-order valence-corrected chi connectivity index (χ2v) is 5.43. The molecular formula is C14H11Cl2NOS. The van der Waals surface area contributed by atoms with E-state index in [9.17, 15) is 4.79 Å². The van der Waals surface area contributed by atoms with E-state index in [1.54, 1.807) is 30.3 Å². The highest BCUT2D eigenvalue weighted by molar-refractivity contribution is 7.80. The van der Waals surface area contributed by atoms with E-state index in [0.717, 1.165) is 5.56 Å². The average molecular weight is 312 g/mol. The van der Waals surface area contributed by atoms with Crippen molar-refractivity contribution < 1.29 is 4.79 Å². The number of amides is 1. The van der Waals surface area contributed by atoms with Crippen molar-refractivity contribution in [3.8, 4) is 0 Å². The lowest BCUT2D eigenvalue weighted by Gasteiger charge is -2.09. The third kappa shape index (κ3) is 3.44. The van der Waals surface area contributed by atoms with Crippen LogP contribution in [0.15, 0.2) is 41.3 Å². The summed E-state index contributed by atoms with van der Waals surface area (Å²) in [6, 6.07) is 10.4. The number of hydrogen-bond acceptors (Lipinski definition) is 2. The van der Waals surface area contributed by atoms with Crippen molar-refractivity contribution in [1.82, 2.24) is 0 Å². The summed E-state index contributed by atoms with van der Waals surface area (Å²) in [6.07, 6.45) is 0. The van der Waals surface area contributed by atoms with Crippen LogP contribution in [0.4, 0.5) is 5.69 Å². The molecule has 2 aromatic carbocycles. The Morgan fingerprint density at radius 1 is 1.11 bits per heavy atom. The molecule has 2 rings (SSSR count). The molecule has 0 saturated heterocycles. The predicted molar refractivity (Wildman–Crippen MR) is 82.8 cm³/mol. The number of rotatable bonds is 2. The Morgan fingerprint density at radius 3 is 2.53 bits per heavy atom. The van der Waals surface area contributed by atoms with Crippen LogP contribution in [-0.4, -0.2) is 5.91 Å². The van der Waals surface area contributed by atoms with Crippen molar-refractivity contribution in [3.63, 3.8) is 0 Å². The first-order valence-electron chi connectivity index (χ1n) is 5.53. The van der Waals surface area contributed by atoms with Crippen molar-refractivity contribution in [2.45, 2.75) is 11.8 Å². The quantitative estimate of drug-likeness (QED) is 0.763. The third-order valence-corrected chi connectivity index (χ3v) is 3.49. The summed E-state index contributed by atoms with van der Waals surface area (Å²) >= 11 is 16.3. The predicted octanol–water partition coefficient (Wildman–Crippen LogP) is 4.84. The van der Waals surface area contributed by atoms with Crippen LogP contribution >= 0.6 is 35.8 Å². The summed E-state index contributed by atoms with van der Waals surface area (Å²) in [5, 5.41) is 3.60. The van der Waals surface area contributed by atoms with Gasteiger partial charge >= 0.3 is 0 Å². The second-order valence-electron chi connectivity index (χ2n) is 4.10. The summed E-state index contributed by atoms with van der Waals surface area (Å²) in [4.78, 5) is 12.8. The van der Waals surface area contributed by atoms with Crippen molar-refractivity contribution in [1.29, 1.82) is 0 Å². The lowest BCUT2D eigenvalue weighted by Crippen LogP contribution is -2.12. The molecule has 0 heterocycles. The van der Waals surface area contributed by atoms with Crippen LogP contribution in [0, 0.1) is 6.92 Å². The number of carbonyl (C=O) groups is 1. The fraction of sp³-hybridized carbons (Fsp3) is 0.0714. The molecule has 0 aliphatic carbocycles. The van der Waals surface area contributed by atoms with E-state index < -0.39 is 0 Å². The third-order valence-electron chi connectivity index (χ3n) is 2.57. The number of nitrogens with one attached hydrogen (secondary N) is 1. The van der Waals surface area contributed by atoms with Crippen molar-refractivity contribution >= 4 is 47.4 Å². The Labute approximate surface area is 127 Å². The van der Waals surface area contributed by atoms with E-state index in [4.69, 9.17) is 23.2 Å². The van der Waals surface area contributed by atoms with Gasteiger partial charge in [0.1, 0.15) is 0 Å². The Morgan fingerprint density at radius 2 is 1.84 bits per heavy atom. The second kappa shape index (κ2) is 5.87. The van der Waals surface area contributed by atoms with Crippen molar-refractivity contribution in [3.05, 3.63) is 57.6 Å². The van der Waals surface area contributed by atoms with Gasteiger partial charge in [0.05, 0.1) is 21.3 Å². The van der Waals surface area contributed by atoms with Crippen LogP contribution in [0.3, 0.4) is 0 Å². The van der Waals surface area contributed by atoms with E-state index in [1.807, 2.05) is 13.0 Å². The summed E-state index contributed by atoms with van der Waals surface area (Å²) in [5.74, 6) is -0.313. The van der Waals surface area contributed by atoms with E-state index in [0.29, 0.717) is 26.2 Å². The molecule has 0 bridgehead atoms. The minimum atomic E-state index is -0.313. The van der Waals surface area contributed by atoms with Crippen LogP contribution < -0.4 is 5.32 Å². The summed E-state index contributed by atoms with van der Waals surface area (Å²) < 4.78 is 0. The number of carbonyl (C=O) groups excluding carboxylic acids is 1. The SMILES string of the molecule is Cc1ccc(NC(=O)c2cc(S)ccc2Cl)c(Cl)c1. The van der Waals surface area contributed by atoms with E-state index in [1.165, 1.54) is 0 Å². The van der Waals surface area contributed by atoms with Crippen LogP contribution in [-0.2, 0) is 0 Å². The van der Waals surface area contributed by atoms with Gasteiger partial charge in [-0.2, -0.15) is 0 Å². The standard InChI is InChI=1S/C14H11Cl2NOS/c1-8-2-5-13(12(16)6-8)17-14(18)10-7-9(19)3-4-11(10)15/h2-7,19H,1H3,(H,17,18). The lowest BCUT2D eigenvalue weighted by molar-refractivity contribution is 0.102. The number of thiol groups is 1. The van der Waals surface area contributed by atoms with Gasteiger partial charge in [0.25, 0.3) is 5.91 Å². The molecule has 0 radical (unpaired) electrons. The lowest BCUT2D eigenvalue weighted by atomic mass is 10.2. The highest BCUT2D eigenvalue weighted by atomic mass is 35.5. The van der Waals surface area contributed by atoms with Gasteiger partial charge in [-0.15, -0.1) is 12.6 Å². The molecule has 0 unspecified atom stereocenters. The zero-order chi connectivity index (χ0) is 14.0. The van der Waals surface area contributed by atoms with Gasteiger partial charge in [0.15, 0.2) is 0 Å². The zero-order valence-electron chi connectivity index (χ0n) is 10.1. The first-order valence-corrected chi connectivity index (χ1v) is 6.73. The van der Waals surface area contributed by atoms with Crippen molar-refractivity contribution in [2.75, 3.05) is 5.32 Å². The van der Waals surface area contributed by atoms with Crippen LogP contribution in [0.25, 0.3) is 0 Å². The van der Waals surface area contributed by atoms with Gasteiger partial charge in [-0.25, -0.2) is 0 Å². The molecule has 2 aromatic rings. The number of halogens is 2. The van der Waals surface area contributed by atoms with Crippen LogP contribution in [0.2, 0.25) is 10.0 Å². The molecule has 1 amide bonds. The molecule has 2 nitrogen and oxygen atoms in total. The Balaban J connectivity index is 2.28. The molecule has 1 N–H and O–H groups in total. The van der Waals surface area contributed by atoms with Crippen LogP contribution in [0.5, 0.6) is 0 Å². The molecule has 0 atom stereocenters. The van der Waals surface area contributed by atoms with Crippen LogP contribution in [0.1, 0.15) is 15.9 Å². The van der Waals surface area contributed by atoms with E-state index in [2.05, 4.69) is 17.9 Å². The molecule has 0 spiro atoms. The van der Waals surface area contributed by atoms with Gasteiger partial charge in [-0.05, 0) is 42.8 Å². The average Bonchev–Trinajstić information content (AvgIpc) is 2.35. The number of benzene rings is 2. The maximum absolute atomic E-state index is 12.1. The van der Waals surface area contributed by atoms with Gasteiger partial charge in [0.2, 0.25) is 0 Å². The van der Waals surface area contributed by atoms with Gasteiger partial charge in [-0.1, -0.05) is 29.3 Å². The first kappa shape index (κ1) is 14.3. The highest BCUT2D eigenvalue weighted by Crippen LogP contribution is 2.25. The fourth-order valence-electron chi connectivity index (χ4n) is 1.60. The van der Waals surface area contributed by atoms with E-state index >= 15 is 0 Å². The number of hydrogen-bond donors (Lipinski definition) is 2. The largest absolute Gasteiger partial charge is 0.321 e. The zero-order valence-corrected chi connectivity index (χ0v) is 12.5. The minimum Gasteiger partial charge on any atom is -0.321 e. The summed E-state index contributed by atoms with van der Waals surface area (Å²) in [7, 11) is 0. The van der Waals surface area contributed by atoms with Gasteiger partial charge in [-0.3, -0.25) is 4.79 Å². The fourth-order valence-corrected chi connectivity index (χ4v) is 2.29. The van der Waals surface area contributed by atoms with E-state index in [-0.39, 0.29) is 5.91 Å². The molecule has 5 heteroatoms. The monoisotopic (exact) mass is 311 g/mol. The molecule has 98 valence electrons. The molecular weight excluding hydrogens is 301 g/mol. The van der Waals surface area contributed by atoms with Gasteiger partial charge < -0.3 is 5.32 Å². The molecule has 0 saturated carbocycles. The molecule has 0 aromatic heterocycles. The van der Waals surface area contributed by atoms with Crippen molar-refractivity contribution in [2.24, 2.45) is 0 Å².